The number of benzene rings is 1. The van der Waals surface area contributed by atoms with Crippen LogP contribution in [0.15, 0.2) is 35.6 Å². The van der Waals surface area contributed by atoms with E-state index in [9.17, 15) is 0 Å². The molecule has 0 saturated heterocycles. The molecule has 1 aromatic rings. The topological polar surface area (TPSA) is 67.8 Å². The van der Waals surface area contributed by atoms with Gasteiger partial charge < -0.3 is 10.2 Å². The Morgan fingerprint density at radius 3 is 2.71 bits per heavy atom. The van der Waals surface area contributed by atoms with Crippen LogP contribution in [-0.2, 0) is 0 Å². The molecule has 1 aliphatic heterocycles. The molecule has 0 atom stereocenters. The van der Waals surface area contributed by atoms with E-state index in [1.54, 1.807) is 0 Å². The van der Waals surface area contributed by atoms with Crippen molar-refractivity contribution in [3.05, 3.63) is 30.5 Å². The monoisotopic (exact) mass is 184 g/mol. The Kier molecular flexibility index (Phi) is 1.28. The lowest BCUT2D eigenvalue weighted by atomic mass is 10.2. The Morgan fingerprint density at radius 2 is 1.93 bits per heavy atom. The van der Waals surface area contributed by atoms with Gasteiger partial charge >= 0.3 is 0 Å². The van der Waals surface area contributed by atoms with Crippen LogP contribution in [0.4, 0.5) is 5.69 Å². The maximum absolute atomic E-state index is 7.16. The van der Waals surface area contributed by atoms with Crippen LogP contribution < -0.4 is 0 Å². The number of hydrogen-bond donors (Lipinski definition) is 3. The van der Waals surface area contributed by atoms with Crippen molar-refractivity contribution in [2.45, 2.75) is 0 Å². The van der Waals surface area contributed by atoms with Crippen LogP contribution in [0.1, 0.15) is 0 Å². The molecule has 0 fully saturated rings. The molecule has 0 radical (unpaired) electrons. The molecule has 4 nitrogen and oxygen atoms in total. The standard InChI is InChI=1S/C10H8N4/c11-13-9-6-3-1-2-4-7(6)10-8(9)5-12-14-10/h1-5,11-12,14H. The first kappa shape index (κ1) is 7.32. The van der Waals surface area contributed by atoms with Gasteiger partial charge in [0.1, 0.15) is 5.69 Å². The second-order valence-corrected chi connectivity index (χ2v) is 3.21. The maximum atomic E-state index is 7.16. The van der Waals surface area contributed by atoms with E-state index in [1.165, 1.54) is 0 Å². The lowest BCUT2D eigenvalue weighted by Crippen LogP contribution is -1.69. The van der Waals surface area contributed by atoms with Crippen LogP contribution in [0.25, 0.3) is 22.0 Å². The maximum Gasteiger partial charge on any atom is 0.104 e. The van der Waals surface area contributed by atoms with Crippen molar-refractivity contribution in [3.63, 3.8) is 0 Å². The third-order valence-electron chi connectivity index (χ3n) is 2.50. The van der Waals surface area contributed by atoms with Gasteiger partial charge in [-0.15, -0.1) is 0 Å². The summed E-state index contributed by atoms with van der Waals surface area (Å²) in [7, 11) is 0. The molecular weight excluding hydrogens is 176 g/mol. The van der Waals surface area contributed by atoms with Crippen LogP contribution in [0.5, 0.6) is 0 Å². The third kappa shape index (κ3) is 0.724. The van der Waals surface area contributed by atoms with E-state index in [1.807, 2.05) is 30.5 Å². The summed E-state index contributed by atoms with van der Waals surface area (Å²) in [5, 5.41) is 11.7. The molecule has 0 spiro atoms. The second-order valence-electron chi connectivity index (χ2n) is 3.21. The van der Waals surface area contributed by atoms with Crippen molar-refractivity contribution in [1.82, 2.24) is 10.2 Å². The van der Waals surface area contributed by atoms with Gasteiger partial charge in [0.15, 0.2) is 0 Å². The highest BCUT2D eigenvalue weighted by molar-refractivity contribution is 6.10. The minimum Gasteiger partial charge on any atom is -0.307 e. The van der Waals surface area contributed by atoms with Crippen LogP contribution in [0.3, 0.4) is 0 Å². The van der Waals surface area contributed by atoms with Crippen LogP contribution in [0.2, 0.25) is 0 Å². The summed E-state index contributed by atoms with van der Waals surface area (Å²) < 4.78 is 0. The largest absolute Gasteiger partial charge is 0.307 e. The van der Waals surface area contributed by atoms with E-state index in [0.29, 0.717) is 0 Å². The van der Waals surface area contributed by atoms with Crippen molar-refractivity contribution >= 4 is 16.5 Å². The lowest BCUT2D eigenvalue weighted by molar-refractivity contribution is 1.11. The number of nitrogens with zero attached hydrogens (tertiary/aromatic N) is 1. The van der Waals surface area contributed by atoms with Gasteiger partial charge in [-0.25, -0.2) is 5.53 Å². The molecule has 0 unspecified atom stereocenters. The number of fused-ring (bicyclic) bond motifs is 3. The molecule has 3 N–H and O–H groups in total. The van der Waals surface area contributed by atoms with E-state index in [4.69, 9.17) is 5.53 Å². The summed E-state index contributed by atoms with van der Waals surface area (Å²) in [6, 6.07) is 7.95. The fourth-order valence-electron chi connectivity index (χ4n) is 1.89. The fraction of sp³-hybridized carbons (Fsp3) is 0. The molecule has 3 rings (SSSR count). The smallest absolute Gasteiger partial charge is 0.104 e. The van der Waals surface area contributed by atoms with E-state index >= 15 is 0 Å². The number of hydrogen-bond acceptors (Lipinski definition) is 2. The van der Waals surface area contributed by atoms with E-state index in [2.05, 4.69) is 15.3 Å². The number of H-pyrrole nitrogens is 2. The normalized spacial score (nSPS) is 11.1. The minimum absolute atomic E-state index is 0.730. The van der Waals surface area contributed by atoms with Crippen LogP contribution >= 0.6 is 0 Å². The van der Waals surface area contributed by atoms with Gasteiger partial charge in [0, 0.05) is 22.5 Å². The van der Waals surface area contributed by atoms with Crippen molar-refractivity contribution in [2.75, 3.05) is 0 Å². The Bertz CT molecular complexity index is 575. The molecule has 1 aliphatic carbocycles. The zero-order chi connectivity index (χ0) is 9.54. The summed E-state index contributed by atoms with van der Waals surface area (Å²) in [4.78, 5) is 0. The third-order valence-corrected chi connectivity index (χ3v) is 2.50. The van der Waals surface area contributed by atoms with Crippen molar-refractivity contribution in [2.24, 2.45) is 5.11 Å². The highest BCUT2D eigenvalue weighted by atomic mass is 15.1. The van der Waals surface area contributed by atoms with Crippen molar-refractivity contribution in [1.29, 1.82) is 5.53 Å². The highest BCUT2D eigenvalue weighted by Crippen LogP contribution is 2.42. The molecular formula is C10H8N4. The first-order valence-corrected chi connectivity index (χ1v) is 4.35. The van der Waals surface area contributed by atoms with Gasteiger partial charge in [-0.05, 0) is 0 Å². The summed E-state index contributed by atoms with van der Waals surface area (Å²) >= 11 is 0. The molecule has 4 heteroatoms. The van der Waals surface area contributed by atoms with E-state index < -0.39 is 0 Å². The fourth-order valence-corrected chi connectivity index (χ4v) is 1.89. The van der Waals surface area contributed by atoms with Crippen LogP contribution in [-0.4, -0.2) is 10.2 Å². The van der Waals surface area contributed by atoms with E-state index in [0.717, 1.165) is 27.7 Å². The quantitative estimate of drug-likeness (QED) is 0.486. The van der Waals surface area contributed by atoms with Crippen LogP contribution in [0, 0.1) is 5.53 Å². The summed E-state index contributed by atoms with van der Waals surface area (Å²) in [5.41, 5.74) is 9.88. The highest BCUT2D eigenvalue weighted by Gasteiger charge is 2.17. The number of aromatic amines is 2. The molecule has 1 aromatic carbocycles. The zero-order valence-electron chi connectivity index (χ0n) is 7.33. The van der Waals surface area contributed by atoms with Crippen molar-refractivity contribution in [3.8, 4) is 11.3 Å². The Hall–Kier alpha value is -2.10. The first-order chi connectivity index (χ1) is 6.92. The first-order valence-electron chi connectivity index (χ1n) is 4.35. The minimum atomic E-state index is 0.730. The number of aromatic nitrogens is 2. The summed E-state index contributed by atoms with van der Waals surface area (Å²) in [6.07, 6.45) is 1.84. The van der Waals surface area contributed by atoms with Gasteiger partial charge in [-0.3, -0.25) is 0 Å². The molecule has 0 bridgehead atoms. The zero-order valence-corrected chi connectivity index (χ0v) is 7.33. The Morgan fingerprint density at radius 1 is 1.14 bits per heavy atom. The lowest BCUT2D eigenvalue weighted by Gasteiger charge is -1.88. The number of nitrogens with one attached hydrogen (secondary N) is 3. The van der Waals surface area contributed by atoms with Crippen molar-refractivity contribution < 1.29 is 0 Å². The van der Waals surface area contributed by atoms with Gasteiger partial charge in [0.05, 0.1) is 5.69 Å². The molecule has 68 valence electrons. The van der Waals surface area contributed by atoms with Gasteiger partial charge in [-0.2, -0.15) is 5.11 Å². The average Bonchev–Trinajstić information content (AvgIpc) is 2.77. The molecule has 0 aromatic heterocycles. The van der Waals surface area contributed by atoms with Gasteiger partial charge in [0.2, 0.25) is 0 Å². The average molecular weight is 184 g/mol. The molecule has 1 heterocycles. The molecule has 0 amide bonds. The summed E-state index contributed by atoms with van der Waals surface area (Å²) in [5.74, 6) is 0. The summed E-state index contributed by atoms with van der Waals surface area (Å²) in [6.45, 7) is 0. The van der Waals surface area contributed by atoms with Gasteiger partial charge in [0.25, 0.3) is 0 Å². The second kappa shape index (κ2) is 2.45. The molecule has 2 aliphatic rings. The predicted octanol–water partition coefficient (Wildman–Crippen LogP) is 3.26. The predicted molar refractivity (Wildman–Crippen MR) is 54.1 cm³/mol. The Labute approximate surface area is 79.8 Å². The number of rotatable bonds is 1. The van der Waals surface area contributed by atoms with Gasteiger partial charge in [-0.1, -0.05) is 24.3 Å². The SMILES string of the molecule is N=Nc1c2c[nH][nH]c-2c2ccccc12. The molecule has 0 saturated carbocycles. The van der Waals surface area contributed by atoms with E-state index in [-0.39, 0.29) is 0 Å². The molecule has 14 heavy (non-hydrogen) atoms. The Balaban J connectivity index is 2.60.